The van der Waals surface area contributed by atoms with Gasteiger partial charge in [0.05, 0.1) is 0 Å². The van der Waals surface area contributed by atoms with E-state index in [1.54, 1.807) is 18.2 Å². The molecule has 1 aromatic rings. The third-order valence-electron chi connectivity index (χ3n) is 3.00. The lowest BCUT2D eigenvalue weighted by molar-refractivity contribution is -0.153. The number of carboxylic acids is 1. The molecule has 0 fully saturated rings. The van der Waals surface area contributed by atoms with Crippen LogP contribution in [0.1, 0.15) is 19.4 Å². The van der Waals surface area contributed by atoms with Gasteiger partial charge < -0.3 is 10.0 Å². The summed E-state index contributed by atoms with van der Waals surface area (Å²) in [6.45, 7) is 2.91. The van der Waals surface area contributed by atoms with Crippen molar-refractivity contribution in [3.8, 4) is 0 Å². The van der Waals surface area contributed by atoms with Crippen LogP contribution in [0.25, 0.3) is 6.08 Å². The van der Waals surface area contributed by atoms with Crippen molar-refractivity contribution < 1.29 is 14.7 Å². The first-order valence-corrected chi connectivity index (χ1v) is 6.55. The maximum atomic E-state index is 11.9. The molecule has 0 heterocycles. The third kappa shape index (κ3) is 3.99. The Morgan fingerprint density at radius 2 is 1.70 bits per heavy atom. The molecule has 0 aromatic heterocycles. The molecule has 0 unspecified atom stereocenters. The van der Waals surface area contributed by atoms with Crippen LogP contribution in [0, 0.1) is 0 Å². The second-order valence-corrected chi connectivity index (χ2v) is 5.67. The second kappa shape index (κ2) is 6.29. The molecule has 0 aliphatic carbocycles. The number of rotatable bonds is 4. The van der Waals surface area contributed by atoms with E-state index in [0.29, 0.717) is 15.6 Å². The van der Waals surface area contributed by atoms with Gasteiger partial charge in [0, 0.05) is 23.2 Å². The molecule has 4 nitrogen and oxygen atoms in total. The number of halogens is 2. The van der Waals surface area contributed by atoms with Gasteiger partial charge >= 0.3 is 5.97 Å². The van der Waals surface area contributed by atoms with Gasteiger partial charge in [-0.15, -0.1) is 0 Å². The van der Waals surface area contributed by atoms with Crippen LogP contribution in [-0.2, 0) is 9.59 Å². The molecule has 0 aliphatic rings. The van der Waals surface area contributed by atoms with Gasteiger partial charge in [0.15, 0.2) is 0 Å². The molecule has 1 N–H and O–H groups in total. The van der Waals surface area contributed by atoms with Crippen LogP contribution in [0.15, 0.2) is 24.3 Å². The van der Waals surface area contributed by atoms with Crippen molar-refractivity contribution in [2.45, 2.75) is 19.4 Å². The number of hydrogen-bond donors (Lipinski definition) is 1. The van der Waals surface area contributed by atoms with Crippen LogP contribution in [-0.4, -0.2) is 34.5 Å². The van der Waals surface area contributed by atoms with Gasteiger partial charge in [-0.1, -0.05) is 23.2 Å². The summed E-state index contributed by atoms with van der Waals surface area (Å²) in [7, 11) is 1.44. The summed E-state index contributed by atoms with van der Waals surface area (Å²) < 4.78 is 0. The molecule has 20 heavy (non-hydrogen) atoms. The Hall–Kier alpha value is -1.52. The standard InChI is InChI=1S/C14H15Cl2NO3/c1-14(2,13(19)20)17(3)12(18)5-4-9-6-10(15)8-11(16)7-9/h4-8H,1-3H3,(H,19,20). The zero-order valence-corrected chi connectivity index (χ0v) is 12.9. The molecule has 1 aromatic carbocycles. The fraction of sp³-hybridized carbons (Fsp3) is 0.286. The molecule has 0 spiro atoms. The maximum Gasteiger partial charge on any atom is 0.329 e. The van der Waals surface area contributed by atoms with E-state index < -0.39 is 17.4 Å². The summed E-state index contributed by atoms with van der Waals surface area (Å²) in [4.78, 5) is 24.2. The molecule has 0 aliphatic heterocycles. The zero-order chi connectivity index (χ0) is 15.5. The maximum absolute atomic E-state index is 11.9. The monoisotopic (exact) mass is 315 g/mol. The number of benzene rings is 1. The molecule has 108 valence electrons. The van der Waals surface area contributed by atoms with Gasteiger partial charge in [-0.05, 0) is 43.7 Å². The first-order chi connectivity index (χ1) is 9.14. The molecule has 0 saturated carbocycles. The highest BCUT2D eigenvalue weighted by molar-refractivity contribution is 6.34. The molecule has 0 bridgehead atoms. The summed E-state index contributed by atoms with van der Waals surface area (Å²) in [5.74, 6) is -1.50. The van der Waals surface area contributed by atoms with Crippen LogP contribution in [0.3, 0.4) is 0 Å². The average Bonchev–Trinajstić information content (AvgIpc) is 2.33. The Kier molecular flexibility index (Phi) is 5.20. The normalized spacial score (nSPS) is 11.7. The largest absolute Gasteiger partial charge is 0.480 e. The van der Waals surface area contributed by atoms with Crippen LogP contribution >= 0.6 is 23.2 Å². The van der Waals surface area contributed by atoms with Crippen molar-refractivity contribution in [2.75, 3.05) is 7.05 Å². The van der Waals surface area contributed by atoms with E-state index in [9.17, 15) is 9.59 Å². The lowest BCUT2D eigenvalue weighted by Crippen LogP contribution is -2.50. The number of likely N-dealkylation sites (N-methyl/N-ethyl adjacent to an activating group) is 1. The first kappa shape index (κ1) is 16.5. The predicted octanol–water partition coefficient (Wildman–Crippen LogP) is 3.33. The predicted molar refractivity (Wildman–Crippen MR) is 80.0 cm³/mol. The Morgan fingerprint density at radius 1 is 1.20 bits per heavy atom. The number of nitrogens with zero attached hydrogens (tertiary/aromatic N) is 1. The second-order valence-electron chi connectivity index (χ2n) is 4.80. The minimum absolute atomic E-state index is 0.423. The topological polar surface area (TPSA) is 57.6 Å². The summed E-state index contributed by atoms with van der Waals surface area (Å²) in [6, 6.07) is 4.89. The number of carboxylic acid groups (broad SMARTS) is 1. The van der Waals surface area contributed by atoms with Gasteiger partial charge in [0.25, 0.3) is 0 Å². The lowest BCUT2D eigenvalue weighted by Gasteiger charge is -2.30. The van der Waals surface area contributed by atoms with E-state index in [4.69, 9.17) is 28.3 Å². The van der Waals surface area contributed by atoms with Gasteiger partial charge in [-0.2, -0.15) is 0 Å². The van der Waals surface area contributed by atoms with E-state index in [1.165, 1.54) is 33.0 Å². The molecular formula is C14H15Cl2NO3. The fourth-order valence-electron chi connectivity index (χ4n) is 1.37. The van der Waals surface area contributed by atoms with Crippen LogP contribution < -0.4 is 0 Å². The highest BCUT2D eigenvalue weighted by Crippen LogP contribution is 2.20. The number of aliphatic carboxylic acids is 1. The summed E-state index contributed by atoms with van der Waals surface area (Å²) >= 11 is 11.7. The zero-order valence-electron chi connectivity index (χ0n) is 11.4. The Bertz CT molecular complexity index is 547. The Labute approximate surface area is 127 Å². The molecular weight excluding hydrogens is 301 g/mol. The minimum atomic E-state index is -1.28. The number of amides is 1. The van der Waals surface area contributed by atoms with Gasteiger partial charge in [0.1, 0.15) is 5.54 Å². The molecule has 0 saturated heterocycles. The molecule has 1 amide bonds. The molecule has 0 radical (unpaired) electrons. The highest BCUT2D eigenvalue weighted by atomic mass is 35.5. The van der Waals surface area contributed by atoms with Gasteiger partial charge in [-0.25, -0.2) is 4.79 Å². The van der Waals surface area contributed by atoms with E-state index in [1.807, 2.05) is 0 Å². The van der Waals surface area contributed by atoms with Crippen molar-refractivity contribution in [1.82, 2.24) is 4.90 Å². The summed E-state index contributed by atoms with van der Waals surface area (Å²) in [5, 5.41) is 9.99. The van der Waals surface area contributed by atoms with E-state index >= 15 is 0 Å². The Balaban J connectivity index is 2.90. The van der Waals surface area contributed by atoms with E-state index in [-0.39, 0.29) is 0 Å². The van der Waals surface area contributed by atoms with Crippen LogP contribution in [0.2, 0.25) is 10.0 Å². The van der Waals surface area contributed by atoms with Crippen LogP contribution in [0.5, 0.6) is 0 Å². The van der Waals surface area contributed by atoms with E-state index in [2.05, 4.69) is 0 Å². The number of carbonyl (C=O) groups is 2. The third-order valence-corrected chi connectivity index (χ3v) is 3.43. The lowest BCUT2D eigenvalue weighted by atomic mass is 10.0. The van der Waals surface area contributed by atoms with Crippen LogP contribution in [0.4, 0.5) is 0 Å². The smallest absolute Gasteiger partial charge is 0.329 e. The van der Waals surface area contributed by atoms with E-state index in [0.717, 1.165) is 4.90 Å². The number of carbonyl (C=O) groups excluding carboxylic acids is 1. The minimum Gasteiger partial charge on any atom is -0.480 e. The van der Waals surface area contributed by atoms with Crippen molar-refractivity contribution >= 4 is 41.2 Å². The van der Waals surface area contributed by atoms with Gasteiger partial charge in [0.2, 0.25) is 5.91 Å². The first-order valence-electron chi connectivity index (χ1n) is 5.80. The Morgan fingerprint density at radius 3 is 2.15 bits per heavy atom. The van der Waals surface area contributed by atoms with Gasteiger partial charge in [-0.3, -0.25) is 4.79 Å². The summed E-state index contributed by atoms with van der Waals surface area (Å²) in [5.41, 5.74) is -0.620. The average molecular weight is 316 g/mol. The highest BCUT2D eigenvalue weighted by Gasteiger charge is 2.34. The number of hydrogen-bond acceptors (Lipinski definition) is 2. The van der Waals surface area contributed by atoms with Crippen molar-refractivity contribution in [1.29, 1.82) is 0 Å². The fourth-order valence-corrected chi connectivity index (χ4v) is 1.91. The molecule has 6 heteroatoms. The molecule has 0 atom stereocenters. The van der Waals surface area contributed by atoms with Crippen molar-refractivity contribution in [3.05, 3.63) is 39.9 Å². The van der Waals surface area contributed by atoms with Crippen molar-refractivity contribution in [2.24, 2.45) is 0 Å². The molecule has 1 rings (SSSR count). The quantitative estimate of drug-likeness (QED) is 0.867. The SMILES string of the molecule is CN(C(=O)C=Cc1cc(Cl)cc(Cl)c1)C(C)(C)C(=O)O. The summed E-state index contributed by atoms with van der Waals surface area (Å²) in [6.07, 6.45) is 2.82. The van der Waals surface area contributed by atoms with Crippen molar-refractivity contribution in [3.63, 3.8) is 0 Å².